The van der Waals surface area contributed by atoms with Gasteiger partial charge in [0.05, 0.1) is 34.9 Å². The molecule has 0 saturated carbocycles. The summed E-state index contributed by atoms with van der Waals surface area (Å²) in [6.07, 6.45) is -1.15. The van der Waals surface area contributed by atoms with E-state index in [1.807, 2.05) is 7.05 Å². The van der Waals surface area contributed by atoms with Gasteiger partial charge in [-0.2, -0.15) is 26.3 Å². The molecule has 1 saturated heterocycles. The molecular weight excluding hydrogens is 729 g/mol. The Kier molecular flexibility index (Phi) is 14.1. The molecule has 0 bridgehead atoms. The molecule has 0 amide bonds. The quantitative estimate of drug-likeness (QED) is 0.0644. The maximum Gasteiger partial charge on any atom is 0.416 e. The largest absolute Gasteiger partial charge is 0.416 e. The molecule has 1 aliphatic rings. The van der Waals surface area contributed by atoms with Gasteiger partial charge in [-0.05, 0) is 81.9 Å². The van der Waals surface area contributed by atoms with E-state index in [0.29, 0.717) is 34.5 Å². The molecule has 1 fully saturated rings. The summed E-state index contributed by atoms with van der Waals surface area (Å²) < 4.78 is 77.3. The van der Waals surface area contributed by atoms with Crippen molar-refractivity contribution in [2.75, 3.05) is 32.6 Å². The standard InChI is InChI=1S/C22H24F3N3O2S.C14H11F3N2OS/c1-28-10-7-14(8-11-28)19(29)13-17(18-6-9-26-21(27-18)31-2)20(30)15-4-3-5-16(12-15)22(23,24)25;1-21-13-18-6-5-11(19-13)8-12(20)9-3-2-4-10(7-9)14(15,16)17/h3-6,9,12,14,17H,7-8,10-11,13H2,1-2H3;2-7H,8H2,1H3. The third-order valence-electron chi connectivity index (χ3n) is 8.29. The highest BCUT2D eigenvalue weighted by molar-refractivity contribution is 7.98. The lowest BCUT2D eigenvalue weighted by molar-refractivity contribution is -0.138. The molecule has 276 valence electrons. The number of carbonyl (C=O) groups excluding carboxylic acids is 3. The molecule has 52 heavy (non-hydrogen) atoms. The topological polar surface area (TPSA) is 106 Å². The Morgan fingerprint density at radius 3 is 1.90 bits per heavy atom. The Hall–Kier alpha value is -4.15. The number of Topliss-reactive ketones (excluding diaryl/α,β-unsaturated/α-hetero) is 3. The van der Waals surface area contributed by atoms with Gasteiger partial charge >= 0.3 is 12.4 Å². The SMILES string of the molecule is CSc1nccc(C(CC(=O)C2CCN(C)CC2)C(=O)c2cccc(C(F)(F)F)c2)n1.CSc1nccc(CC(=O)c2cccc(C(F)(F)F)c2)n1. The number of halogens is 6. The first-order valence-electron chi connectivity index (χ1n) is 15.9. The van der Waals surface area contributed by atoms with Crippen LogP contribution in [0.25, 0.3) is 0 Å². The number of hydrogen-bond donors (Lipinski definition) is 0. The minimum atomic E-state index is -4.56. The van der Waals surface area contributed by atoms with Crippen molar-refractivity contribution >= 4 is 40.9 Å². The minimum Gasteiger partial charge on any atom is -0.306 e. The van der Waals surface area contributed by atoms with Gasteiger partial charge < -0.3 is 4.90 Å². The third-order valence-corrected chi connectivity index (χ3v) is 9.42. The number of ketones is 3. The molecule has 1 atom stereocenters. The molecular formula is C36H35F6N5O3S2. The Morgan fingerprint density at radius 1 is 0.788 bits per heavy atom. The van der Waals surface area contributed by atoms with Crippen molar-refractivity contribution < 1.29 is 40.7 Å². The van der Waals surface area contributed by atoms with E-state index in [4.69, 9.17) is 0 Å². The second-order valence-corrected chi connectivity index (χ2v) is 13.5. The van der Waals surface area contributed by atoms with Crippen LogP contribution in [0.2, 0.25) is 0 Å². The van der Waals surface area contributed by atoms with Gasteiger partial charge in [0.25, 0.3) is 0 Å². The van der Waals surface area contributed by atoms with E-state index in [2.05, 4.69) is 24.8 Å². The fourth-order valence-corrected chi connectivity index (χ4v) is 6.17. The monoisotopic (exact) mass is 763 g/mol. The van der Waals surface area contributed by atoms with Gasteiger partial charge in [0.2, 0.25) is 0 Å². The van der Waals surface area contributed by atoms with Crippen LogP contribution in [-0.4, -0.2) is 74.8 Å². The predicted octanol–water partition coefficient (Wildman–Crippen LogP) is 8.13. The number of hydrogen-bond acceptors (Lipinski definition) is 10. The van der Waals surface area contributed by atoms with Crippen LogP contribution in [0.1, 0.15) is 68.4 Å². The molecule has 16 heteroatoms. The Morgan fingerprint density at radius 2 is 1.33 bits per heavy atom. The van der Waals surface area contributed by atoms with Crippen LogP contribution >= 0.6 is 23.5 Å². The summed E-state index contributed by atoms with van der Waals surface area (Å²) in [6.45, 7) is 1.60. The average Bonchev–Trinajstić information content (AvgIpc) is 3.13. The highest BCUT2D eigenvalue weighted by atomic mass is 32.2. The van der Waals surface area contributed by atoms with Crippen molar-refractivity contribution in [3.8, 4) is 0 Å². The molecule has 8 nitrogen and oxygen atoms in total. The van der Waals surface area contributed by atoms with Crippen LogP contribution in [0.3, 0.4) is 0 Å². The van der Waals surface area contributed by atoms with Gasteiger partial charge in [0.15, 0.2) is 21.9 Å². The second kappa shape index (κ2) is 18.1. The van der Waals surface area contributed by atoms with Crippen molar-refractivity contribution in [3.05, 3.63) is 107 Å². The van der Waals surface area contributed by atoms with Crippen LogP contribution in [-0.2, 0) is 23.6 Å². The Balaban J connectivity index is 0.000000251. The van der Waals surface area contributed by atoms with Gasteiger partial charge in [-0.25, -0.2) is 19.9 Å². The number of alkyl halides is 6. The zero-order valence-corrected chi connectivity index (χ0v) is 30.0. The molecule has 0 radical (unpaired) electrons. The molecule has 1 unspecified atom stereocenters. The molecule has 5 rings (SSSR count). The minimum absolute atomic E-state index is 0.0224. The fraction of sp³-hybridized carbons (Fsp3) is 0.361. The van der Waals surface area contributed by atoms with Crippen molar-refractivity contribution in [1.29, 1.82) is 0 Å². The molecule has 0 aliphatic carbocycles. The molecule has 0 N–H and O–H groups in total. The summed E-state index contributed by atoms with van der Waals surface area (Å²) in [5.74, 6) is -2.12. The first-order valence-corrected chi connectivity index (χ1v) is 18.4. The van der Waals surface area contributed by atoms with E-state index < -0.39 is 41.0 Å². The van der Waals surface area contributed by atoms with Crippen molar-refractivity contribution in [2.24, 2.45) is 5.92 Å². The number of nitrogens with zero attached hydrogens (tertiary/aromatic N) is 5. The van der Waals surface area contributed by atoms with Crippen LogP contribution in [0.15, 0.2) is 83.4 Å². The summed E-state index contributed by atoms with van der Waals surface area (Å²) in [5, 5.41) is 0.954. The number of carbonyl (C=O) groups is 3. The lowest BCUT2D eigenvalue weighted by Crippen LogP contribution is -2.34. The molecule has 3 heterocycles. The summed E-state index contributed by atoms with van der Waals surface area (Å²) in [6, 6.07) is 11.8. The van der Waals surface area contributed by atoms with Crippen molar-refractivity contribution in [1.82, 2.24) is 24.8 Å². The Labute approximate surface area is 305 Å². The highest BCUT2D eigenvalue weighted by Gasteiger charge is 2.34. The normalized spacial score (nSPS) is 14.6. The first kappa shape index (κ1) is 40.6. The lowest BCUT2D eigenvalue weighted by Gasteiger charge is -2.28. The third kappa shape index (κ3) is 11.4. The number of benzene rings is 2. The van der Waals surface area contributed by atoms with E-state index in [1.54, 1.807) is 24.6 Å². The van der Waals surface area contributed by atoms with Gasteiger partial charge in [-0.15, -0.1) is 0 Å². The smallest absolute Gasteiger partial charge is 0.306 e. The van der Waals surface area contributed by atoms with Gasteiger partial charge in [-0.1, -0.05) is 47.8 Å². The van der Waals surface area contributed by atoms with Crippen LogP contribution in [0, 0.1) is 5.92 Å². The van der Waals surface area contributed by atoms with E-state index in [1.165, 1.54) is 60.2 Å². The van der Waals surface area contributed by atoms with Crippen LogP contribution < -0.4 is 0 Å². The molecule has 4 aromatic rings. The number of aromatic nitrogens is 4. The highest BCUT2D eigenvalue weighted by Crippen LogP contribution is 2.33. The predicted molar refractivity (Wildman–Crippen MR) is 185 cm³/mol. The van der Waals surface area contributed by atoms with Crippen LogP contribution in [0.4, 0.5) is 26.3 Å². The van der Waals surface area contributed by atoms with E-state index in [-0.39, 0.29) is 35.7 Å². The first-order chi connectivity index (χ1) is 24.6. The van der Waals surface area contributed by atoms with E-state index in [9.17, 15) is 40.7 Å². The Bertz CT molecular complexity index is 1870. The number of thioether (sulfide) groups is 2. The summed E-state index contributed by atoms with van der Waals surface area (Å²) in [4.78, 5) is 57.1. The maximum atomic E-state index is 13.3. The van der Waals surface area contributed by atoms with Crippen LogP contribution in [0.5, 0.6) is 0 Å². The average molecular weight is 764 g/mol. The van der Waals surface area contributed by atoms with Crippen molar-refractivity contribution in [2.45, 2.75) is 54.3 Å². The molecule has 2 aromatic carbocycles. The zero-order chi connectivity index (χ0) is 38.1. The van der Waals surface area contributed by atoms with E-state index >= 15 is 0 Å². The summed E-state index contributed by atoms with van der Waals surface area (Å²) in [5.41, 5.74) is -0.957. The lowest BCUT2D eigenvalue weighted by atomic mass is 9.83. The fourth-order valence-electron chi connectivity index (χ4n) is 5.43. The van der Waals surface area contributed by atoms with Crippen molar-refractivity contribution in [3.63, 3.8) is 0 Å². The number of piperidine rings is 1. The molecule has 0 spiro atoms. The molecule has 2 aromatic heterocycles. The number of likely N-dealkylation sites (tertiary alicyclic amines) is 1. The maximum absolute atomic E-state index is 13.3. The summed E-state index contributed by atoms with van der Waals surface area (Å²) >= 11 is 2.62. The molecule has 1 aliphatic heterocycles. The number of rotatable bonds is 11. The van der Waals surface area contributed by atoms with Gasteiger partial charge in [-0.3, -0.25) is 14.4 Å². The zero-order valence-electron chi connectivity index (χ0n) is 28.4. The summed E-state index contributed by atoms with van der Waals surface area (Å²) in [7, 11) is 1.99. The van der Waals surface area contributed by atoms with Gasteiger partial charge in [0, 0.05) is 35.9 Å². The second-order valence-electron chi connectivity index (χ2n) is 11.9. The van der Waals surface area contributed by atoms with E-state index in [0.717, 1.165) is 37.4 Å². The van der Waals surface area contributed by atoms with Gasteiger partial charge in [0.1, 0.15) is 5.78 Å².